The number of carbonyl (C=O) groups is 2. The molecule has 8 heteroatoms. The van der Waals surface area contributed by atoms with Gasteiger partial charge in [-0.3, -0.25) is 9.69 Å². The molecule has 0 unspecified atom stereocenters. The Labute approximate surface area is 203 Å². The molecule has 1 aliphatic rings. The quantitative estimate of drug-likeness (QED) is 0.409. The minimum atomic E-state index is -0.569. The maximum atomic E-state index is 13.0. The minimum Gasteiger partial charge on any atom is -0.445 e. The number of likely N-dealkylation sites (tertiary alicyclic amines) is 1. The second-order valence-electron chi connectivity index (χ2n) is 8.33. The first-order valence-corrected chi connectivity index (χ1v) is 11.5. The molecular weight excluding hydrogens is 442 g/mol. The summed E-state index contributed by atoms with van der Waals surface area (Å²) in [6.07, 6.45) is 2.39. The highest BCUT2D eigenvalue weighted by Crippen LogP contribution is 2.25. The summed E-state index contributed by atoms with van der Waals surface area (Å²) in [5.41, 5.74) is 3.15. The van der Waals surface area contributed by atoms with Crippen molar-refractivity contribution in [2.24, 2.45) is 0 Å². The summed E-state index contributed by atoms with van der Waals surface area (Å²) in [6.45, 7) is 0.671. The Bertz CT molecular complexity index is 1340. The van der Waals surface area contributed by atoms with Crippen molar-refractivity contribution in [3.8, 4) is 0 Å². The van der Waals surface area contributed by atoms with E-state index in [1.807, 2.05) is 78.9 Å². The van der Waals surface area contributed by atoms with Crippen LogP contribution in [0.15, 0.2) is 85.2 Å². The molecule has 0 aliphatic carbocycles. The molecule has 1 aliphatic heterocycles. The van der Waals surface area contributed by atoms with Gasteiger partial charge in [0.05, 0.1) is 5.52 Å². The number of nitrogens with zero attached hydrogens (tertiary/aromatic N) is 3. The number of anilines is 3. The molecule has 1 aromatic heterocycles. The molecule has 176 valence electrons. The van der Waals surface area contributed by atoms with E-state index >= 15 is 0 Å². The number of amides is 2. The first-order chi connectivity index (χ1) is 17.2. The van der Waals surface area contributed by atoms with Gasteiger partial charge in [-0.1, -0.05) is 48.5 Å². The number of benzene rings is 3. The number of carbonyl (C=O) groups excluding carboxylic acids is 2. The largest absolute Gasteiger partial charge is 0.445 e. The van der Waals surface area contributed by atoms with Crippen LogP contribution in [-0.4, -0.2) is 39.5 Å². The highest BCUT2D eigenvalue weighted by atomic mass is 16.6. The van der Waals surface area contributed by atoms with Gasteiger partial charge in [-0.2, -0.15) is 0 Å². The Morgan fingerprint density at radius 2 is 1.74 bits per heavy atom. The van der Waals surface area contributed by atoms with Crippen molar-refractivity contribution in [3.05, 3.63) is 90.8 Å². The number of hydrogen-bond donors (Lipinski definition) is 2. The van der Waals surface area contributed by atoms with Crippen LogP contribution in [0.25, 0.3) is 10.9 Å². The third-order valence-corrected chi connectivity index (χ3v) is 5.93. The van der Waals surface area contributed by atoms with Crippen molar-refractivity contribution in [2.45, 2.75) is 25.5 Å². The number of aromatic nitrogens is 2. The number of rotatable bonds is 6. The zero-order chi connectivity index (χ0) is 24.0. The van der Waals surface area contributed by atoms with Gasteiger partial charge in [-0.25, -0.2) is 14.8 Å². The molecule has 0 spiro atoms. The lowest BCUT2D eigenvalue weighted by Gasteiger charge is -2.23. The van der Waals surface area contributed by atoms with E-state index in [-0.39, 0.29) is 12.5 Å². The smallest absolute Gasteiger partial charge is 0.410 e. The van der Waals surface area contributed by atoms with Gasteiger partial charge in [-0.05, 0) is 48.7 Å². The van der Waals surface area contributed by atoms with Gasteiger partial charge in [-0.15, -0.1) is 0 Å². The molecule has 2 N–H and O–H groups in total. The molecule has 5 rings (SSSR count). The summed E-state index contributed by atoms with van der Waals surface area (Å²) in [5.74, 6) is 0.450. The fourth-order valence-corrected chi connectivity index (χ4v) is 4.20. The van der Waals surface area contributed by atoms with Crippen LogP contribution in [-0.2, 0) is 16.1 Å². The molecule has 0 bridgehead atoms. The summed E-state index contributed by atoms with van der Waals surface area (Å²) in [5, 5.41) is 7.15. The molecule has 1 saturated heterocycles. The van der Waals surface area contributed by atoms with Crippen molar-refractivity contribution >= 4 is 40.1 Å². The van der Waals surface area contributed by atoms with Gasteiger partial charge in [0.1, 0.15) is 24.8 Å². The van der Waals surface area contributed by atoms with Crippen molar-refractivity contribution in [2.75, 3.05) is 17.2 Å². The Morgan fingerprint density at radius 3 is 2.63 bits per heavy atom. The third-order valence-electron chi connectivity index (χ3n) is 5.93. The minimum absolute atomic E-state index is 0.177. The molecule has 8 nitrogen and oxygen atoms in total. The standard InChI is InChI=1S/C27H25N5O3/c33-26(24-14-7-15-32(24)27(34)35-17-19-8-2-1-3-9-19)31-21-11-6-10-20(16-21)30-25-22-12-4-5-13-23(22)28-18-29-25/h1-6,8-13,16,18,24H,7,14-15,17H2,(H,31,33)(H,28,29,30)/t24-/m0/s1. The van der Waals surface area contributed by atoms with Gasteiger partial charge in [0.2, 0.25) is 5.91 Å². The SMILES string of the molecule is O=C(Nc1cccc(Nc2ncnc3ccccc23)c1)[C@@H]1CCCN1C(=O)OCc1ccccc1. The Hall–Kier alpha value is -4.46. The lowest BCUT2D eigenvalue weighted by atomic mass is 10.2. The predicted molar refractivity (Wildman–Crippen MR) is 134 cm³/mol. The topological polar surface area (TPSA) is 96.5 Å². The summed E-state index contributed by atoms with van der Waals surface area (Å²) < 4.78 is 5.45. The van der Waals surface area contributed by atoms with Crippen LogP contribution in [0, 0.1) is 0 Å². The van der Waals surface area contributed by atoms with Crippen LogP contribution in [0.5, 0.6) is 0 Å². The zero-order valence-electron chi connectivity index (χ0n) is 19.1. The number of nitrogens with one attached hydrogen (secondary N) is 2. The average Bonchev–Trinajstić information content (AvgIpc) is 3.39. The third kappa shape index (κ3) is 5.22. The summed E-state index contributed by atoms with van der Waals surface area (Å²) in [4.78, 5) is 35.8. The number of para-hydroxylation sites is 1. The first-order valence-electron chi connectivity index (χ1n) is 11.5. The van der Waals surface area contributed by atoms with Crippen LogP contribution in [0.2, 0.25) is 0 Å². The average molecular weight is 468 g/mol. The van der Waals surface area contributed by atoms with Crippen LogP contribution in [0.1, 0.15) is 18.4 Å². The van der Waals surface area contributed by atoms with E-state index in [1.165, 1.54) is 11.2 Å². The molecule has 0 saturated carbocycles. The second-order valence-corrected chi connectivity index (χ2v) is 8.33. The molecule has 4 aromatic rings. The van der Waals surface area contributed by atoms with Crippen molar-refractivity contribution in [1.82, 2.24) is 14.9 Å². The molecule has 2 heterocycles. The molecule has 3 aromatic carbocycles. The predicted octanol–water partition coefficient (Wildman–Crippen LogP) is 5.11. The normalized spacial score (nSPS) is 15.1. The van der Waals surface area contributed by atoms with Gasteiger partial charge >= 0.3 is 6.09 Å². The summed E-state index contributed by atoms with van der Waals surface area (Å²) >= 11 is 0. The molecule has 1 atom stereocenters. The van der Waals surface area contributed by atoms with Crippen LogP contribution < -0.4 is 10.6 Å². The highest BCUT2D eigenvalue weighted by Gasteiger charge is 2.35. The zero-order valence-corrected chi connectivity index (χ0v) is 19.1. The van der Waals surface area contributed by atoms with Crippen LogP contribution >= 0.6 is 0 Å². The van der Waals surface area contributed by atoms with E-state index in [4.69, 9.17) is 4.74 Å². The second kappa shape index (κ2) is 10.2. The van der Waals surface area contributed by atoms with E-state index < -0.39 is 12.1 Å². The lowest BCUT2D eigenvalue weighted by Crippen LogP contribution is -2.43. The Kier molecular flexibility index (Phi) is 6.52. The monoisotopic (exact) mass is 467 g/mol. The molecule has 1 fully saturated rings. The van der Waals surface area contributed by atoms with E-state index in [2.05, 4.69) is 20.6 Å². The number of hydrogen-bond acceptors (Lipinski definition) is 6. The maximum absolute atomic E-state index is 13.0. The fourth-order valence-electron chi connectivity index (χ4n) is 4.20. The van der Waals surface area contributed by atoms with E-state index in [0.717, 1.165) is 28.6 Å². The maximum Gasteiger partial charge on any atom is 0.410 e. The highest BCUT2D eigenvalue weighted by molar-refractivity contribution is 5.97. The fraction of sp³-hybridized carbons (Fsp3) is 0.185. The lowest BCUT2D eigenvalue weighted by molar-refractivity contribution is -0.120. The summed E-state index contributed by atoms with van der Waals surface area (Å²) in [7, 11) is 0. The van der Waals surface area contributed by atoms with Gasteiger partial charge < -0.3 is 15.4 Å². The van der Waals surface area contributed by atoms with Crippen molar-refractivity contribution in [3.63, 3.8) is 0 Å². The summed E-state index contributed by atoms with van der Waals surface area (Å²) in [6, 6.07) is 24.1. The van der Waals surface area contributed by atoms with E-state index in [9.17, 15) is 9.59 Å². The molecular formula is C27H25N5O3. The van der Waals surface area contributed by atoms with Crippen LogP contribution in [0.3, 0.4) is 0 Å². The first kappa shape index (κ1) is 22.3. The van der Waals surface area contributed by atoms with E-state index in [0.29, 0.717) is 24.5 Å². The van der Waals surface area contributed by atoms with Gasteiger partial charge in [0, 0.05) is 23.3 Å². The Balaban J connectivity index is 1.24. The van der Waals surface area contributed by atoms with Crippen LogP contribution in [0.4, 0.5) is 22.0 Å². The van der Waals surface area contributed by atoms with Crippen molar-refractivity contribution in [1.29, 1.82) is 0 Å². The van der Waals surface area contributed by atoms with Gasteiger partial charge in [0.25, 0.3) is 0 Å². The molecule has 2 amide bonds. The number of fused-ring (bicyclic) bond motifs is 1. The Morgan fingerprint density at radius 1 is 0.943 bits per heavy atom. The number of ether oxygens (including phenoxy) is 1. The molecule has 0 radical (unpaired) electrons. The van der Waals surface area contributed by atoms with Gasteiger partial charge in [0.15, 0.2) is 0 Å². The van der Waals surface area contributed by atoms with E-state index in [1.54, 1.807) is 0 Å². The van der Waals surface area contributed by atoms with Crippen molar-refractivity contribution < 1.29 is 14.3 Å². The molecule has 35 heavy (non-hydrogen) atoms.